The molecule has 106 valence electrons. The first-order valence-corrected chi connectivity index (χ1v) is 7.16. The van der Waals surface area contributed by atoms with Crippen LogP contribution in [0.2, 0.25) is 0 Å². The highest BCUT2D eigenvalue weighted by molar-refractivity contribution is 7.89. The molecule has 6 nitrogen and oxygen atoms in total. The van der Waals surface area contributed by atoms with Gasteiger partial charge in [0.15, 0.2) is 0 Å². The van der Waals surface area contributed by atoms with Crippen molar-refractivity contribution in [2.24, 2.45) is 0 Å². The van der Waals surface area contributed by atoms with Gasteiger partial charge in [-0.15, -0.1) is 0 Å². The number of para-hydroxylation sites is 1. The zero-order valence-corrected chi connectivity index (χ0v) is 12.2. The van der Waals surface area contributed by atoms with Crippen molar-refractivity contribution >= 4 is 21.8 Å². The number of hydrogen-bond acceptors (Lipinski definition) is 4. The fourth-order valence-electron chi connectivity index (χ4n) is 1.33. The van der Waals surface area contributed by atoms with Crippen LogP contribution in [-0.4, -0.2) is 27.2 Å². The van der Waals surface area contributed by atoms with Gasteiger partial charge >= 0.3 is 6.09 Å². The van der Waals surface area contributed by atoms with Gasteiger partial charge in [-0.05, 0) is 40.0 Å². The normalized spacial score (nSPS) is 12.0. The van der Waals surface area contributed by atoms with Crippen LogP contribution in [0.1, 0.15) is 20.8 Å². The summed E-state index contributed by atoms with van der Waals surface area (Å²) < 4.78 is 30.8. The highest BCUT2D eigenvalue weighted by Gasteiger charge is 2.20. The molecule has 0 radical (unpaired) electrons. The average Bonchev–Trinajstić information content (AvgIpc) is 2.27. The number of nitrogens with one attached hydrogen (secondary N) is 2. The number of hydrogen-bond donors (Lipinski definition) is 2. The first-order valence-electron chi connectivity index (χ1n) is 5.68. The number of benzene rings is 1. The molecule has 19 heavy (non-hydrogen) atoms. The Hall–Kier alpha value is -1.60. The highest BCUT2D eigenvalue weighted by atomic mass is 32.2. The van der Waals surface area contributed by atoms with E-state index in [9.17, 15) is 13.2 Å². The van der Waals surface area contributed by atoms with Gasteiger partial charge in [0.05, 0.1) is 5.69 Å². The van der Waals surface area contributed by atoms with Gasteiger partial charge in [0, 0.05) is 0 Å². The largest absolute Gasteiger partial charge is 0.444 e. The fourth-order valence-corrected chi connectivity index (χ4v) is 2.21. The van der Waals surface area contributed by atoms with E-state index < -0.39 is 21.7 Å². The van der Waals surface area contributed by atoms with E-state index in [1.54, 1.807) is 32.9 Å². The molecule has 0 bridgehead atoms. The van der Waals surface area contributed by atoms with Gasteiger partial charge in [-0.3, -0.25) is 5.32 Å². The van der Waals surface area contributed by atoms with Crippen LogP contribution in [0.15, 0.2) is 29.2 Å². The molecule has 0 aromatic heterocycles. The maximum atomic E-state index is 11.8. The molecule has 1 aromatic rings. The van der Waals surface area contributed by atoms with E-state index >= 15 is 0 Å². The van der Waals surface area contributed by atoms with Gasteiger partial charge in [0.1, 0.15) is 10.5 Å². The molecule has 1 amide bonds. The van der Waals surface area contributed by atoms with Crippen LogP contribution in [0.3, 0.4) is 0 Å². The molecule has 0 unspecified atom stereocenters. The quantitative estimate of drug-likeness (QED) is 0.889. The Labute approximate surface area is 113 Å². The van der Waals surface area contributed by atoms with Crippen molar-refractivity contribution < 1.29 is 17.9 Å². The molecule has 0 saturated heterocycles. The van der Waals surface area contributed by atoms with E-state index in [0.717, 1.165) is 0 Å². The number of rotatable bonds is 3. The SMILES string of the molecule is CNS(=O)(=O)c1ccccc1NC(=O)OC(C)(C)C. The first-order chi connectivity index (χ1) is 8.65. The number of sulfonamides is 1. The molecule has 0 spiro atoms. The Morgan fingerprint density at radius 3 is 2.32 bits per heavy atom. The van der Waals surface area contributed by atoms with E-state index in [1.807, 2.05) is 0 Å². The van der Waals surface area contributed by atoms with Crippen molar-refractivity contribution in [3.05, 3.63) is 24.3 Å². The summed E-state index contributed by atoms with van der Waals surface area (Å²) in [6.45, 7) is 5.18. The molecule has 7 heteroatoms. The lowest BCUT2D eigenvalue weighted by Gasteiger charge is -2.20. The van der Waals surface area contributed by atoms with Crippen LogP contribution in [0, 0.1) is 0 Å². The average molecular weight is 286 g/mol. The van der Waals surface area contributed by atoms with Crippen molar-refractivity contribution in [2.45, 2.75) is 31.3 Å². The zero-order valence-electron chi connectivity index (χ0n) is 11.4. The van der Waals surface area contributed by atoms with Crippen LogP contribution in [0.25, 0.3) is 0 Å². The molecule has 0 fully saturated rings. The van der Waals surface area contributed by atoms with E-state index in [1.165, 1.54) is 19.2 Å². The van der Waals surface area contributed by atoms with Crippen LogP contribution in [0.4, 0.5) is 10.5 Å². The minimum atomic E-state index is -3.64. The molecule has 1 rings (SSSR count). The summed E-state index contributed by atoms with van der Waals surface area (Å²) in [4.78, 5) is 11.6. The monoisotopic (exact) mass is 286 g/mol. The molecule has 0 saturated carbocycles. The van der Waals surface area contributed by atoms with Gasteiger partial charge in [-0.2, -0.15) is 0 Å². The second kappa shape index (κ2) is 5.58. The molecular weight excluding hydrogens is 268 g/mol. The second-order valence-electron chi connectivity index (χ2n) is 4.83. The number of ether oxygens (including phenoxy) is 1. The Kier molecular flexibility index (Phi) is 4.54. The molecule has 2 N–H and O–H groups in total. The van der Waals surface area contributed by atoms with Gasteiger partial charge < -0.3 is 4.74 Å². The summed E-state index contributed by atoms with van der Waals surface area (Å²) in [5.74, 6) is 0. The Morgan fingerprint density at radius 2 is 1.79 bits per heavy atom. The van der Waals surface area contributed by atoms with Gasteiger partial charge in [-0.25, -0.2) is 17.9 Å². The summed E-state index contributed by atoms with van der Waals surface area (Å²) in [7, 11) is -2.33. The summed E-state index contributed by atoms with van der Waals surface area (Å²) in [6.07, 6.45) is -0.703. The van der Waals surface area contributed by atoms with E-state index in [4.69, 9.17) is 4.74 Å². The van der Waals surface area contributed by atoms with E-state index in [0.29, 0.717) is 0 Å². The third-order valence-electron chi connectivity index (χ3n) is 2.08. The number of anilines is 1. The summed E-state index contributed by atoms with van der Waals surface area (Å²) in [6, 6.07) is 6.10. The predicted molar refractivity (Wildman–Crippen MR) is 72.5 cm³/mol. The number of amides is 1. The van der Waals surface area contributed by atoms with Gasteiger partial charge in [-0.1, -0.05) is 12.1 Å². The zero-order chi connectivity index (χ0) is 14.7. The fraction of sp³-hybridized carbons (Fsp3) is 0.417. The van der Waals surface area contributed by atoms with Crippen LogP contribution in [-0.2, 0) is 14.8 Å². The number of carbonyl (C=O) groups is 1. The lowest BCUT2D eigenvalue weighted by Crippen LogP contribution is -2.28. The standard InChI is InChI=1S/C12H18N2O4S/c1-12(2,3)18-11(15)14-9-7-5-6-8-10(9)19(16,17)13-4/h5-8,13H,1-4H3,(H,14,15). The molecular formula is C12H18N2O4S. The van der Waals surface area contributed by atoms with Crippen molar-refractivity contribution in [3.8, 4) is 0 Å². The van der Waals surface area contributed by atoms with Crippen molar-refractivity contribution in [1.82, 2.24) is 4.72 Å². The first kappa shape index (κ1) is 15.5. The maximum absolute atomic E-state index is 11.8. The van der Waals surface area contributed by atoms with Gasteiger partial charge in [0.25, 0.3) is 0 Å². The molecule has 0 heterocycles. The van der Waals surface area contributed by atoms with Crippen molar-refractivity contribution in [2.75, 3.05) is 12.4 Å². The third kappa shape index (κ3) is 4.53. The van der Waals surface area contributed by atoms with Crippen molar-refractivity contribution in [1.29, 1.82) is 0 Å². The molecule has 0 aliphatic rings. The summed E-state index contributed by atoms with van der Waals surface area (Å²) in [5, 5.41) is 2.43. The van der Waals surface area contributed by atoms with Crippen LogP contribution >= 0.6 is 0 Å². The van der Waals surface area contributed by atoms with Crippen LogP contribution < -0.4 is 10.0 Å². The maximum Gasteiger partial charge on any atom is 0.412 e. The lowest BCUT2D eigenvalue weighted by atomic mass is 10.2. The molecule has 1 aromatic carbocycles. The minimum absolute atomic E-state index is 0.0108. The third-order valence-corrected chi connectivity index (χ3v) is 3.55. The second-order valence-corrected chi connectivity index (χ2v) is 6.69. The topological polar surface area (TPSA) is 84.5 Å². The smallest absolute Gasteiger partial charge is 0.412 e. The highest BCUT2D eigenvalue weighted by Crippen LogP contribution is 2.21. The predicted octanol–water partition coefficient (Wildman–Crippen LogP) is 1.94. The minimum Gasteiger partial charge on any atom is -0.444 e. The summed E-state index contributed by atoms with van der Waals surface area (Å²) >= 11 is 0. The van der Waals surface area contributed by atoms with Gasteiger partial charge in [0.2, 0.25) is 10.0 Å². The lowest BCUT2D eigenvalue weighted by molar-refractivity contribution is 0.0635. The molecule has 0 aliphatic carbocycles. The Morgan fingerprint density at radius 1 is 1.21 bits per heavy atom. The Balaban J connectivity index is 3.00. The Bertz CT molecular complexity index is 561. The number of carbonyl (C=O) groups excluding carboxylic acids is 1. The van der Waals surface area contributed by atoms with E-state index in [-0.39, 0.29) is 10.6 Å². The van der Waals surface area contributed by atoms with Crippen LogP contribution in [0.5, 0.6) is 0 Å². The van der Waals surface area contributed by atoms with Crippen molar-refractivity contribution in [3.63, 3.8) is 0 Å². The summed E-state index contributed by atoms with van der Waals surface area (Å²) in [5.41, 5.74) is -0.480. The molecule has 0 atom stereocenters. The van der Waals surface area contributed by atoms with E-state index in [2.05, 4.69) is 10.0 Å². The molecule has 0 aliphatic heterocycles.